The number of pyridine rings is 1. The van der Waals surface area contributed by atoms with Gasteiger partial charge < -0.3 is 19.9 Å². The third-order valence-corrected chi connectivity index (χ3v) is 5.18. The molecule has 0 bridgehead atoms. The van der Waals surface area contributed by atoms with Crippen LogP contribution in [0.1, 0.15) is 37.8 Å². The monoisotopic (exact) mass is 445 g/mol. The van der Waals surface area contributed by atoms with Crippen molar-refractivity contribution in [1.82, 2.24) is 4.98 Å². The van der Waals surface area contributed by atoms with E-state index in [1.54, 1.807) is 25.3 Å². The van der Waals surface area contributed by atoms with E-state index < -0.39 is 17.8 Å². The molecule has 0 fully saturated rings. The molecule has 0 spiro atoms. The van der Waals surface area contributed by atoms with Crippen LogP contribution < -0.4 is 10.5 Å². The molecule has 3 rings (SSSR count). The fourth-order valence-electron chi connectivity index (χ4n) is 3.68. The van der Waals surface area contributed by atoms with Crippen molar-refractivity contribution in [3.05, 3.63) is 52.7 Å². The minimum absolute atomic E-state index is 0.106. The maximum atomic E-state index is 13.2. The zero-order chi connectivity index (χ0) is 22.4. The van der Waals surface area contributed by atoms with Gasteiger partial charge >= 0.3 is 5.97 Å². The Labute approximate surface area is 187 Å². The van der Waals surface area contributed by atoms with E-state index in [0.29, 0.717) is 41.0 Å². The van der Waals surface area contributed by atoms with Crippen molar-refractivity contribution >= 4 is 29.0 Å². The Balaban J connectivity index is 2.23. The Morgan fingerprint density at radius 1 is 1.26 bits per heavy atom. The van der Waals surface area contributed by atoms with Gasteiger partial charge in [0.25, 0.3) is 0 Å². The van der Waals surface area contributed by atoms with E-state index in [2.05, 4.69) is 4.98 Å². The van der Waals surface area contributed by atoms with E-state index in [4.69, 9.17) is 36.5 Å². The van der Waals surface area contributed by atoms with Crippen molar-refractivity contribution in [1.29, 1.82) is 0 Å². The van der Waals surface area contributed by atoms with E-state index >= 15 is 0 Å². The Kier molecular flexibility index (Phi) is 8.01. The van der Waals surface area contributed by atoms with Gasteiger partial charge in [-0.3, -0.25) is 9.79 Å². The third kappa shape index (κ3) is 5.23. The Morgan fingerprint density at radius 3 is 2.71 bits per heavy atom. The number of nitrogens with zero attached hydrogens (tertiary/aromatic N) is 2. The molecule has 1 aliphatic heterocycles. The standard InChI is InChI=1S/C23H28ClN3O4/c1-4-30-23(28)21-18(13-29-12-10-25)27-17-9-11-26-22(31-14(2)3)20(17)19(21)15-7-5-6-8-16(15)24/h5-9,11,14,19,21H,4,10,12-13,25H2,1-3H3. The smallest absolute Gasteiger partial charge is 0.315 e. The van der Waals surface area contributed by atoms with E-state index in [9.17, 15) is 4.79 Å². The average Bonchev–Trinajstić information content (AvgIpc) is 2.73. The normalized spacial score (nSPS) is 17.8. The lowest BCUT2D eigenvalue weighted by Crippen LogP contribution is -2.37. The number of aromatic nitrogens is 1. The van der Waals surface area contributed by atoms with Crippen LogP contribution in [-0.2, 0) is 14.3 Å². The van der Waals surface area contributed by atoms with Gasteiger partial charge in [0.15, 0.2) is 0 Å². The van der Waals surface area contributed by atoms with Gasteiger partial charge in [0.2, 0.25) is 5.88 Å². The van der Waals surface area contributed by atoms with Crippen LogP contribution >= 0.6 is 11.6 Å². The first-order chi connectivity index (χ1) is 15.0. The summed E-state index contributed by atoms with van der Waals surface area (Å²) >= 11 is 6.60. The lowest BCUT2D eigenvalue weighted by atomic mass is 9.76. The second-order valence-corrected chi connectivity index (χ2v) is 7.80. The molecule has 7 nitrogen and oxygen atoms in total. The Morgan fingerprint density at radius 2 is 2.03 bits per heavy atom. The van der Waals surface area contributed by atoms with E-state index in [1.807, 2.05) is 32.0 Å². The number of carbonyl (C=O) groups is 1. The summed E-state index contributed by atoms with van der Waals surface area (Å²) in [5, 5.41) is 0.538. The molecule has 2 N–H and O–H groups in total. The maximum absolute atomic E-state index is 13.2. The summed E-state index contributed by atoms with van der Waals surface area (Å²) in [7, 11) is 0. The number of esters is 1. The zero-order valence-electron chi connectivity index (χ0n) is 18.0. The molecule has 1 aromatic heterocycles. The lowest BCUT2D eigenvalue weighted by Gasteiger charge is -2.33. The number of hydrogen-bond donors (Lipinski definition) is 1. The van der Waals surface area contributed by atoms with Crippen LogP contribution in [0.4, 0.5) is 5.69 Å². The number of nitrogens with two attached hydrogens (primary N) is 1. The van der Waals surface area contributed by atoms with Crippen molar-refractivity contribution in [2.24, 2.45) is 16.6 Å². The first-order valence-corrected chi connectivity index (χ1v) is 10.8. The zero-order valence-corrected chi connectivity index (χ0v) is 18.8. The highest BCUT2D eigenvalue weighted by Gasteiger charge is 2.43. The molecule has 0 saturated heterocycles. The molecule has 0 aliphatic carbocycles. The minimum Gasteiger partial charge on any atom is -0.475 e. The van der Waals surface area contributed by atoms with Gasteiger partial charge in [-0.25, -0.2) is 4.98 Å². The molecule has 166 valence electrons. The number of ether oxygens (including phenoxy) is 3. The SMILES string of the molecule is CCOC(=O)C1C(COCCN)=Nc2ccnc(OC(C)C)c2C1c1ccccc1Cl. The minimum atomic E-state index is -0.733. The van der Waals surface area contributed by atoms with E-state index in [0.717, 1.165) is 5.56 Å². The predicted molar refractivity (Wildman–Crippen MR) is 120 cm³/mol. The van der Waals surface area contributed by atoms with Crippen LogP contribution in [-0.4, -0.2) is 49.1 Å². The van der Waals surface area contributed by atoms with Crippen LogP contribution in [0.25, 0.3) is 0 Å². The summed E-state index contributed by atoms with van der Waals surface area (Å²) in [4.78, 5) is 22.4. The van der Waals surface area contributed by atoms with E-state index in [-0.39, 0.29) is 19.3 Å². The van der Waals surface area contributed by atoms with Gasteiger partial charge in [-0.2, -0.15) is 0 Å². The molecule has 8 heteroatoms. The second kappa shape index (κ2) is 10.7. The number of carbonyl (C=O) groups excluding carboxylic acids is 1. The van der Waals surface area contributed by atoms with Crippen LogP contribution in [0.15, 0.2) is 41.5 Å². The van der Waals surface area contributed by atoms with Crippen molar-refractivity contribution in [2.45, 2.75) is 32.8 Å². The van der Waals surface area contributed by atoms with Crippen molar-refractivity contribution in [3.8, 4) is 5.88 Å². The van der Waals surface area contributed by atoms with Crippen molar-refractivity contribution in [2.75, 3.05) is 26.4 Å². The molecule has 2 aromatic rings. The lowest BCUT2D eigenvalue weighted by molar-refractivity contribution is -0.146. The van der Waals surface area contributed by atoms with Crippen LogP contribution in [0.2, 0.25) is 5.02 Å². The van der Waals surface area contributed by atoms with Crippen molar-refractivity contribution in [3.63, 3.8) is 0 Å². The average molecular weight is 446 g/mol. The van der Waals surface area contributed by atoms with Gasteiger partial charge in [-0.05, 0) is 38.5 Å². The number of aliphatic imine (C=N–C) groups is 1. The molecule has 0 saturated carbocycles. The molecule has 1 aliphatic rings. The number of halogens is 1. The number of fused-ring (bicyclic) bond motifs is 1. The first kappa shape index (κ1) is 23.2. The molecule has 1 aromatic carbocycles. The highest BCUT2D eigenvalue weighted by molar-refractivity contribution is 6.31. The largest absolute Gasteiger partial charge is 0.475 e. The molecular weight excluding hydrogens is 418 g/mol. The van der Waals surface area contributed by atoms with Crippen molar-refractivity contribution < 1.29 is 19.0 Å². The summed E-state index contributed by atoms with van der Waals surface area (Å²) in [6.07, 6.45) is 1.54. The molecule has 31 heavy (non-hydrogen) atoms. The summed E-state index contributed by atoms with van der Waals surface area (Å²) in [5.74, 6) is -1.19. The number of rotatable bonds is 9. The predicted octanol–water partition coefficient (Wildman–Crippen LogP) is 3.89. The second-order valence-electron chi connectivity index (χ2n) is 7.39. The van der Waals surface area contributed by atoms with Crippen LogP contribution in [0, 0.1) is 5.92 Å². The highest BCUT2D eigenvalue weighted by atomic mass is 35.5. The van der Waals surface area contributed by atoms with Crippen LogP contribution in [0.3, 0.4) is 0 Å². The first-order valence-electron chi connectivity index (χ1n) is 10.4. The summed E-state index contributed by atoms with van der Waals surface area (Å²) in [5.41, 5.74) is 8.29. The molecule has 2 heterocycles. The fourth-order valence-corrected chi connectivity index (χ4v) is 3.94. The van der Waals surface area contributed by atoms with Gasteiger partial charge in [-0.1, -0.05) is 29.8 Å². The quantitative estimate of drug-likeness (QED) is 0.464. The van der Waals surface area contributed by atoms with Gasteiger partial charge in [0.1, 0.15) is 5.92 Å². The van der Waals surface area contributed by atoms with Gasteiger partial charge in [0.05, 0.1) is 37.3 Å². The topological polar surface area (TPSA) is 96.0 Å². The Bertz CT molecular complexity index is 948. The van der Waals surface area contributed by atoms with Crippen LogP contribution in [0.5, 0.6) is 5.88 Å². The molecular formula is C23H28ClN3O4. The molecule has 0 amide bonds. The fraction of sp³-hybridized carbons (Fsp3) is 0.435. The highest BCUT2D eigenvalue weighted by Crippen LogP contribution is 2.48. The third-order valence-electron chi connectivity index (χ3n) is 4.84. The number of benzene rings is 1. The molecule has 0 radical (unpaired) electrons. The number of hydrogen-bond acceptors (Lipinski definition) is 7. The van der Waals surface area contributed by atoms with Gasteiger partial charge in [0, 0.05) is 29.2 Å². The maximum Gasteiger partial charge on any atom is 0.315 e. The Hall–Kier alpha value is -2.48. The van der Waals surface area contributed by atoms with Gasteiger partial charge in [-0.15, -0.1) is 0 Å². The summed E-state index contributed by atoms with van der Waals surface area (Å²) in [6, 6.07) is 9.24. The molecule has 2 atom stereocenters. The van der Waals surface area contributed by atoms with E-state index in [1.165, 1.54) is 0 Å². The summed E-state index contributed by atoms with van der Waals surface area (Å²) < 4.78 is 17.1. The molecule has 2 unspecified atom stereocenters. The summed E-state index contributed by atoms with van der Waals surface area (Å²) in [6.45, 7) is 6.75.